The van der Waals surface area contributed by atoms with Crippen LogP contribution in [-0.4, -0.2) is 35.3 Å². The molecule has 0 saturated carbocycles. The summed E-state index contributed by atoms with van der Waals surface area (Å²) < 4.78 is 33.8. The van der Waals surface area contributed by atoms with Crippen LogP contribution in [0.2, 0.25) is 0 Å². The van der Waals surface area contributed by atoms with Crippen molar-refractivity contribution < 1.29 is 24.8 Å². The lowest BCUT2D eigenvalue weighted by Gasteiger charge is -2.18. The first kappa shape index (κ1) is 23.4. The van der Waals surface area contributed by atoms with Gasteiger partial charge in [-0.05, 0) is 60.4 Å². The molecule has 5 nitrogen and oxygen atoms in total. The maximum Gasteiger partial charge on any atom is 0.255 e. The number of carbonyl (C=O) groups is 1. The lowest BCUT2D eigenvalue weighted by Crippen LogP contribution is -2.39. The highest BCUT2D eigenvalue weighted by atomic mass is 19.1. The third-order valence-electron chi connectivity index (χ3n) is 5.62. The quantitative estimate of drug-likeness (QED) is 0.306. The van der Waals surface area contributed by atoms with E-state index in [4.69, 9.17) is 4.74 Å². The number of carbonyl (C=O) groups excluding carboxylic acids is 1. The van der Waals surface area contributed by atoms with Crippen LogP contribution in [0.15, 0.2) is 66.9 Å². The average Bonchev–Trinajstić information content (AvgIpc) is 3.26. The van der Waals surface area contributed by atoms with Crippen LogP contribution in [0.4, 0.5) is 8.78 Å². The Kier molecular flexibility index (Phi) is 7.23. The van der Waals surface area contributed by atoms with E-state index in [-0.39, 0.29) is 19.2 Å². The van der Waals surface area contributed by atoms with Crippen LogP contribution in [0.3, 0.4) is 0 Å². The summed E-state index contributed by atoms with van der Waals surface area (Å²) in [6.07, 6.45) is 3.01. The van der Waals surface area contributed by atoms with Gasteiger partial charge in [-0.3, -0.25) is 4.79 Å². The number of H-pyrrole nitrogens is 1. The minimum absolute atomic E-state index is 0. The molecule has 0 fully saturated rings. The van der Waals surface area contributed by atoms with Gasteiger partial charge < -0.3 is 20.1 Å². The molecule has 4 rings (SSSR count). The van der Waals surface area contributed by atoms with E-state index < -0.39 is 23.6 Å². The highest BCUT2D eigenvalue weighted by Crippen LogP contribution is 2.29. The Morgan fingerprint density at radius 1 is 1.15 bits per heavy atom. The van der Waals surface area contributed by atoms with Gasteiger partial charge in [-0.25, -0.2) is 8.78 Å². The fourth-order valence-electron chi connectivity index (χ4n) is 3.92. The summed E-state index contributed by atoms with van der Waals surface area (Å²) in [5, 5.41) is 13.8. The van der Waals surface area contributed by atoms with Crippen LogP contribution in [0.1, 0.15) is 30.7 Å². The van der Waals surface area contributed by atoms with E-state index in [0.29, 0.717) is 24.3 Å². The Morgan fingerprint density at radius 2 is 1.97 bits per heavy atom. The first-order valence-corrected chi connectivity index (χ1v) is 11.2. The number of aliphatic hydroxyl groups excluding tert-OH is 1. The van der Waals surface area contributed by atoms with Gasteiger partial charge in [0.2, 0.25) is 0 Å². The van der Waals surface area contributed by atoms with E-state index in [1.807, 2.05) is 37.4 Å². The summed E-state index contributed by atoms with van der Waals surface area (Å²) in [4.78, 5) is 16.4. The minimum atomic E-state index is -0.595. The van der Waals surface area contributed by atoms with E-state index in [1.54, 1.807) is 12.1 Å². The van der Waals surface area contributed by atoms with E-state index in [1.165, 1.54) is 6.07 Å². The molecule has 3 aromatic carbocycles. The van der Waals surface area contributed by atoms with Gasteiger partial charge in [-0.1, -0.05) is 31.2 Å². The molecule has 1 aromatic heterocycles. The van der Waals surface area contributed by atoms with Crippen molar-refractivity contribution >= 4 is 16.8 Å². The highest BCUT2D eigenvalue weighted by molar-refractivity contribution is 5.98. The van der Waals surface area contributed by atoms with Crippen LogP contribution in [0.25, 0.3) is 22.0 Å². The second-order valence-electron chi connectivity index (χ2n) is 8.10. The first-order chi connectivity index (χ1) is 16.5. The maximum absolute atomic E-state index is 14.4. The van der Waals surface area contributed by atoms with E-state index >= 15 is 0 Å². The Labute approximate surface area is 197 Å². The van der Waals surface area contributed by atoms with Gasteiger partial charge in [0.05, 0.1) is 24.8 Å². The van der Waals surface area contributed by atoms with Gasteiger partial charge in [0, 0.05) is 24.1 Å². The monoisotopic (exact) mass is 466 g/mol. The molecule has 3 N–H and O–H groups in total. The Morgan fingerprint density at radius 3 is 2.76 bits per heavy atom. The summed E-state index contributed by atoms with van der Waals surface area (Å²) in [5.74, 6) is -1.30. The summed E-state index contributed by atoms with van der Waals surface area (Å²) >= 11 is 0. The molecule has 1 heterocycles. The summed E-state index contributed by atoms with van der Waals surface area (Å²) in [7, 11) is 0. The normalized spacial score (nSPS) is 12.0. The zero-order chi connectivity index (χ0) is 24.1. The Bertz CT molecular complexity index is 1310. The number of amides is 1. The van der Waals surface area contributed by atoms with Crippen LogP contribution in [-0.2, 0) is 6.42 Å². The van der Waals surface area contributed by atoms with Gasteiger partial charge >= 0.3 is 0 Å². The number of para-hydroxylation sites is 1. The molecule has 0 unspecified atom stereocenters. The van der Waals surface area contributed by atoms with Crippen molar-refractivity contribution in [2.24, 2.45) is 0 Å². The number of hydrogen-bond acceptors (Lipinski definition) is 3. The van der Waals surface area contributed by atoms with Crippen LogP contribution in [0.5, 0.6) is 5.75 Å². The second kappa shape index (κ2) is 10.5. The Hall–Kier alpha value is -3.71. The lowest BCUT2D eigenvalue weighted by molar-refractivity contribution is 0.0912. The number of ether oxygens (including phenoxy) is 1. The number of aromatic amines is 1. The second-order valence-corrected chi connectivity index (χ2v) is 8.10. The molecule has 0 aliphatic heterocycles. The molecule has 0 aliphatic carbocycles. The van der Waals surface area contributed by atoms with Crippen LogP contribution >= 0.6 is 0 Å². The molecule has 0 saturated heterocycles. The van der Waals surface area contributed by atoms with Crippen molar-refractivity contribution in [3.05, 3.63) is 89.6 Å². The van der Waals surface area contributed by atoms with Crippen molar-refractivity contribution in [3.63, 3.8) is 0 Å². The van der Waals surface area contributed by atoms with E-state index in [0.717, 1.165) is 41.1 Å². The number of halogens is 2. The van der Waals surface area contributed by atoms with E-state index in [2.05, 4.69) is 10.3 Å². The average molecular weight is 467 g/mol. The molecule has 0 spiro atoms. The number of hydrogen-bond donors (Lipinski definition) is 3. The minimum Gasteiger partial charge on any atom is -0.493 e. The van der Waals surface area contributed by atoms with Crippen molar-refractivity contribution in [2.75, 3.05) is 13.2 Å². The number of fused-ring (bicyclic) bond motifs is 1. The van der Waals surface area contributed by atoms with Crippen molar-refractivity contribution in [2.45, 2.75) is 25.8 Å². The smallest absolute Gasteiger partial charge is 0.255 e. The third kappa shape index (κ3) is 5.10. The molecule has 0 bridgehead atoms. The van der Waals surface area contributed by atoms with Gasteiger partial charge in [0.1, 0.15) is 17.4 Å². The predicted octanol–water partition coefficient (Wildman–Crippen LogP) is 5.48. The molecule has 178 valence electrons. The number of rotatable bonds is 9. The topological polar surface area (TPSA) is 74.3 Å². The molecule has 1 amide bonds. The predicted molar refractivity (Wildman–Crippen MR) is 130 cm³/mol. The molecule has 4 aromatic rings. The summed E-state index contributed by atoms with van der Waals surface area (Å²) in [5.41, 5.74) is 2.53. The SMILES string of the molecule is CCCOc1ccc(-c2cc(F)ccc2F)cc1C(=O)N[C@H](CO)Cc1c[nH]c2ccccc12.[HH]. The maximum atomic E-state index is 14.4. The van der Waals surface area contributed by atoms with Crippen molar-refractivity contribution in [1.29, 1.82) is 0 Å². The summed E-state index contributed by atoms with van der Waals surface area (Å²) in [6.45, 7) is 2.07. The van der Waals surface area contributed by atoms with Crippen LogP contribution in [0, 0.1) is 11.6 Å². The van der Waals surface area contributed by atoms with Gasteiger partial charge in [0.25, 0.3) is 5.91 Å². The molecule has 1 atom stereocenters. The highest BCUT2D eigenvalue weighted by Gasteiger charge is 2.20. The lowest BCUT2D eigenvalue weighted by atomic mass is 10.0. The molecular formula is C27H28F2N2O3. The number of benzene rings is 3. The zero-order valence-electron chi connectivity index (χ0n) is 18.8. The van der Waals surface area contributed by atoms with Gasteiger partial charge in [-0.15, -0.1) is 0 Å². The fourth-order valence-corrected chi connectivity index (χ4v) is 3.92. The van der Waals surface area contributed by atoms with Gasteiger partial charge in [0.15, 0.2) is 0 Å². The number of aliphatic hydroxyl groups is 1. The largest absolute Gasteiger partial charge is 0.493 e. The third-order valence-corrected chi connectivity index (χ3v) is 5.62. The number of nitrogens with one attached hydrogen (secondary N) is 2. The first-order valence-electron chi connectivity index (χ1n) is 11.2. The zero-order valence-corrected chi connectivity index (χ0v) is 18.8. The van der Waals surface area contributed by atoms with Gasteiger partial charge in [-0.2, -0.15) is 0 Å². The molecule has 7 heteroatoms. The van der Waals surface area contributed by atoms with Crippen molar-refractivity contribution in [3.8, 4) is 16.9 Å². The fraction of sp³-hybridized carbons (Fsp3) is 0.222. The van der Waals surface area contributed by atoms with E-state index in [9.17, 15) is 18.7 Å². The Balaban J connectivity index is 0.00000342. The standard InChI is InChI=1S/C27H26F2N2O3.H2/c1-2-11-34-26-10-7-17(22-14-19(28)8-9-24(22)29)13-23(26)27(33)31-20(16-32)12-18-15-30-25-6-4-3-5-21(18)25;/h3-10,13-15,20,30,32H,2,11-12,16H2,1H3,(H,31,33);1H/t20-;/m0./s1. The molecule has 0 radical (unpaired) electrons. The number of aromatic nitrogens is 1. The molecule has 0 aliphatic rings. The van der Waals surface area contributed by atoms with Crippen LogP contribution < -0.4 is 10.1 Å². The van der Waals surface area contributed by atoms with Crippen molar-refractivity contribution in [1.82, 2.24) is 10.3 Å². The molecular weight excluding hydrogens is 438 g/mol. The summed E-state index contributed by atoms with van der Waals surface area (Å²) in [6, 6.07) is 15.1. The molecule has 34 heavy (non-hydrogen) atoms.